The number of sulfonamides is 1. The molecule has 0 heterocycles. The first-order chi connectivity index (χ1) is 10.0. The zero-order valence-corrected chi connectivity index (χ0v) is 12.7. The Bertz CT molecular complexity index is 535. The number of rotatable bonds is 10. The van der Waals surface area contributed by atoms with E-state index in [-0.39, 0.29) is 13.2 Å². The lowest BCUT2D eigenvalue weighted by atomic mass is 10.2. The van der Waals surface area contributed by atoms with E-state index >= 15 is 0 Å². The van der Waals surface area contributed by atoms with Crippen LogP contribution in [0, 0.1) is 5.82 Å². The van der Waals surface area contributed by atoms with Gasteiger partial charge in [-0.05, 0) is 24.1 Å². The predicted octanol–water partition coefficient (Wildman–Crippen LogP) is 0.649. The quantitative estimate of drug-likeness (QED) is 0.618. The van der Waals surface area contributed by atoms with Crippen LogP contribution in [0.25, 0.3) is 0 Å². The highest BCUT2D eigenvalue weighted by atomic mass is 32.2. The summed E-state index contributed by atoms with van der Waals surface area (Å²) in [6, 6.07) is 3.47. The highest BCUT2D eigenvalue weighted by molar-refractivity contribution is 7.89. The van der Waals surface area contributed by atoms with Crippen LogP contribution in [-0.4, -0.2) is 47.0 Å². The van der Waals surface area contributed by atoms with E-state index in [1.54, 1.807) is 7.11 Å². The maximum absolute atomic E-state index is 13.6. The van der Waals surface area contributed by atoms with Gasteiger partial charge in [0.05, 0.1) is 19.8 Å². The van der Waals surface area contributed by atoms with Crippen molar-refractivity contribution in [3.63, 3.8) is 0 Å². The van der Waals surface area contributed by atoms with Gasteiger partial charge in [0.25, 0.3) is 0 Å². The van der Waals surface area contributed by atoms with Gasteiger partial charge in [-0.15, -0.1) is 0 Å². The van der Waals surface area contributed by atoms with Gasteiger partial charge in [0.1, 0.15) is 10.7 Å². The molecule has 0 saturated heterocycles. The average Bonchev–Trinajstić information content (AvgIpc) is 2.46. The van der Waals surface area contributed by atoms with Crippen molar-refractivity contribution in [3.05, 3.63) is 29.6 Å². The van der Waals surface area contributed by atoms with Crippen molar-refractivity contribution in [2.24, 2.45) is 0 Å². The molecule has 21 heavy (non-hydrogen) atoms. The van der Waals surface area contributed by atoms with E-state index in [1.165, 1.54) is 6.07 Å². The van der Waals surface area contributed by atoms with Gasteiger partial charge >= 0.3 is 0 Å². The third kappa shape index (κ3) is 6.06. The summed E-state index contributed by atoms with van der Waals surface area (Å²) in [6.45, 7) is 1.08. The van der Waals surface area contributed by atoms with Crippen molar-refractivity contribution >= 4 is 10.0 Å². The minimum absolute atomic E-state index is 0.137. The summed E-state index contributed by atoms with van der Waals surface area (Å²) in [5, 5.41) is 8.97. The van der Waals surface area contributed by atoms with Gasteiger partial charge in [-0.1, -0.05) is 6.07 Å². The first-order valence-electron chi connectivity index (χ1n) is 6.47. The molecule has 0 unspecified atom stereocenters. The third-order valence-corrected chi connectivity index (χ3v) is 4.13. The van der Waals surface area contributed by atoms with E-state index in [0.29, 0.717) is 31.8 Å². The van der Waals surface area contributed by atoms with Crippen molar-refractivity contribution in [2.75, 3.05) is 33.5 Å². The van der Waals surface area contributed by atoms with Crippen LogP contribution >= 0.6 is 0 Å². The number of ether oxygens (including phenoxy) is 2. The summed E-state index contributed by atoms with van der Waals surface area (Å²) in [5.41, 5.74) is 0.333. The molecule has 0 fully saturated rings. The second kappa shape index (κ2) is 9.06. The second-order valence-corrected chi connectivity index (χ2v) is 6.01. The van der Waals surface area contributed by atoms with Gasteiger partial charge < -0.3 is 14.6 Å². The zero-order valence-electron chi connectivity index (χ0n) is 11.8. The number of nitrogens with one attached hydrogen (secondary N) is 1. The third-order valence-electron chi connectivity index (χ3n) is 2.66. The van der Waals surface area contributed by atoms with Crippen LogP contribution in [0.15, 0.2) is 23.1 Å². The van der Waals surface area contributed by atoms with Crippen LogP contribution < -0.4 is 4.72 Å². The van der Waals surface area contributed by atoms with Crippen molar-refractivity contribution in [3.8, 4) is 0 Å². The molecule has 0 radical (unpaired) electrons. The molecule has 1 rings (SSSR count). The van der Waals surface area contributed by atoms with E-state index in [0.717, 1.165) is 12.1 Å². The van der Waals surface area contributed by atoms with Gasteiger partial charge in [-0.3, -0.25) is 0 Å². The Kier molecular flexibility index (Phi) is 7.76. The molecular weight excluding hydrogens is 301 g/mol. The number of hydrogen-bond acceptors (Lipinski definition) is 5. The fourth-order valence-electron chi connectivity index (χ4n) is 1.55. The summed E-state index contributed by atoms with van der Waals surface area (Å²) in [6.07, 6.45) is 0.463. The van der Waals surface area contributed by atoms with E-state index in [2.05, 4.69) is 4.72 Å². The Hall–Kier alpha value is -1.06. The van der Waals surface area contributed by atoms with Crippen LogP contribution in [0.5, 0.6) is 0 Å². The maximum atomic E-state index is 13.6. The van der Waals surface area contributed by atoms with E-state index in [1.807, 2.05) is 0 Å². The lowest BCUT2D eigenvalue weighted by Gasteiger charge is -2.09. The lowest BCUT2D eigenvalue weighted by Crippen LogP contribution is -2.26. The molecule has 0 saturated carbocycles. The molecular formula is C13H20FNO5S. The molecule has 0 amide bonds. The van der Waals surface area contributed by atoms with Crippen molar-refractivity contribution in [1.82, 2.24) is 4.72 Å². The Labute approximate surface area is 123 Å². The van der Waals surface area contributed by atoms with Crippen molar-refractivity contribution in [2.45, 2.75) is 17.9 Å². The Morgan fingerprint density at radius 3 is 2.71 bits per heavy atom. The highest BCUT2D eigenvalue weighted by Crippen LogP contribution is 2.16. The molecule has 0 bridgehead atoms. The Morgan fingerprint density at radius 1 is 1.29 bits per heavy atom. The number of benzene rings is 1. The summed E-state index contributed by atoms with van der Waals surface area (Å²) in [7, 11) is -2.38. The molecule has 1 aromatic carbocycles. The number of methoxy groups -OCH3 is 1. The molecule has 1 aromatic rings. The van der Waals surface area contributed by atoms with Gasteiger partial charge in [0.15, 0.2) is 0 Å². The normalized spacial score (nSPS) is 11.8. The SMILES string of the molecule is COCCOCCCNS(=O)(=O)c1cc(CO)ccc1F. The number of halogens is 1. The molecule has 8 heteroatoms. The summed E-state index contributed by atoms with van der Waals surface area (Å²) >= 11 is 0. The Morgan fingerprint density at radius 2 is 2.05 bits per heavy atom. The van der Waals surface area contributed by atoms with E-state index < -0.39 is 20.7 Å². The van der Waals surface area contributed by atoms with Crippen LogP contribution in [0.1, 0.15) is 12.0 Å². The molecule has 0 aliphatic rings. The van der Waals surface area contributed by atoms with Crippen LogP contribution in [0.3, 0.4) is 0 Å². The smallest absolute Gasteiger partial charge is 0.243 e. The second-order valence-electron chi connectivity index (χ2n) is 4.28. The fourth-order valence-corrected chi connectivity index (χ4v) is 2.75. The molecule has 0 spiro atoms. The Balaban J connectivity index is 2.50. The van der Waals surface area contributed by atoms with Gasteiger partial charge in [-0.2, -0.15) is 0 Å². The average molecular weight is 321 g/mol. The number of aliphatic hydroxyl groups excluding tert-OH is 1. The molecule has 0 aliphatic carbocycles. The monoisotopic (exact) mass is 321 g/mol. The summed E-state index contributed by atoms with van der Waals surface area (Å²) < 4.78 is 49.8. The van der Waals surface area contributed by atoms with Crippen molar-refractivity contribution < 1.29 is 27.4 Å². The van der Waals surface area contributed by atoms with E-state index in [4.69, 9.17) is 14.6 Å². The zero-order chi connectivity index (χ0) is 15.7. The maximum Gasteiger partial charge on any atom is 0.243 e. The highest BCUT2D eigenvalue weighted by Gasteiger charge is 2.18. The minimum atomic E-state index is -3.94. The van der Waals surface area contributed by atoms with Crippen LogP contribution in [-0.2, 0) is 26.1 Å². The minimum Gasteiger partial charge on any atom is -0.392 e. The van der Waals surface area contributed by atoms with Gasteiger partial charge in [-0.25, -0.2) is 17.5 Å². The fraction of sp³-hybridized carbons (Fsp3) is 0.538. The van der Waals surface area contributed by atoms with Gasteiger partial charge in [0.2, 0.25) is 10.0 Å². The molecule has 0 aromatic heterocycles. The number of aliphatic hydroxyl groups is 1. The molecule has 120 valence electrons. The number of hydrogen-bond donors (Lipinski definition) is 2. The van der Waals surface area contributed by atoms with Gasteiger partial charge in [0, 0.05) is 20.3 Å². The first kappa shape index (κ1) is 18.0. The molecule has 0 aliphatic heterocycles. The summed E-state index contributed by atoms with van der Waals surface area (Å²) in [4.78, 5) is -0.464. The molecule has 6 nitrogen and oxygen atoms in total. The first-order valence-corrected chi connectivity index (χ1v) is 7.95. The molecule has 2 N–H and O–H groups in total. The standard InChI is InChI=1S/C13H20FNO5S/c1-19-7-8-20-6-2-5-15-21(17,18)13-9-11(10-16)3-4-12(13)14/h3-4,9,15-16H,2,5-8,10H2,1H3. The van der Waals surface area contributed by atoms with Crippen LogP contribution in [0.2, 0.25) is 0 Å². The lowest BCUT2D eigenvalue weighted by molar-refractivity contribution is 0.0699. The van der Waals surface area contributed by atoms with E-state index in [9.17, 15) is 12.8 Å². The predicted molar refractivity (Wildman–Crippen MR) is 74.8 cm³/mol. The molecule has 0 atom stereocenters. The topological polar surface area (TPSA) is 84.9 Å². The van der Waals surface area contributed by atoms with Crippen molar-refractivity contribution in [1.29, 1.82) is 0 Å². The van der Waals surface area contributed by atoms with Crippen LogP contribution in [0.4, 0.5) is 4.39 Å². The summed E-state index contributed by atoms with van der Waals surface area (Å²) in [5.74, 6) is -0.851. The largest absolute Gasteiger partial charge is 0.392 e.